The zero-order valence-corrected chi connectivity index (χ0v) is 42.2. The van der Waals surface area contributed by atoms with Crippen LogP contribution < -0.4 is 5.32 Å². The Morgan fingerprint density at radius 3 is 1.08 bits per heavy atom. The summed E-state index contributed by atoms with van der Waals surface area (Å²) in [5.41, 5.74) is 0. The van der Waals surface area contributed by atoms with Crippen molar-refractivity contribution in [3.05, 3.63) is 0 Å². The first-order valence-electron chi connectivity index (χ1n) is 27.3. The minimum Gasteiger partial charge on any atom is -0.480 e. The predicted molar refractivity (Wildman–Crippen MR) is 268 cm³/mol. The molecule has 0 rings (SSSR count). The quantitative estimate of drug-likeness (QED) is 0.0592. The van der Waals surface area contributed by atoms with E-state index < -0.39 is 12.0 Å². The number of carbonyl (C=O) groups is 2. The van der Waals surface area contributed by atoms with Gasteiger partial charge >= 0.3 is 5.97 Å². The number of nitrogens with one attached hydrogen (secondary N) is 1. The van der Waals surface area contributed by atoms with Crippen molar-refractivity contribution in [3.63, 3.8) is 0 Å². The van der Waals surface area contributed by atoms with Gasteiger partial charge in [-0.1, -0.05) is 265 Å². The van der Waals surface area contributed by atoms with E-state index in [1.165, 1.54) is 231 Å². The maximum atomic E-state index is 12.7. The summed E-state index contributed by atoms with van der Waals surface area (Å²) in [5, 5.41) is 12.7. The summed E-state index contributed by atoms with van der Waals surface area (Å²) in [6, 6.07) is -0.873. The summed E-state index contributed by atoms with van der Waals surface area (Å²) in [7, 11) is 0. The topological polar surface area (TPSA) is 84.9 Å². The van der Waals surface area contributed by atoms with Crippen LogP contribution in [0.4, 0.5) is 0 Å². The van der Waals surface area contributed by atoms with Crippen molar-refractivity contribution in [3.8, 4) is 0 Å². The third kappa shape index (κ3) is 48.5. The average molecular weight is 883 g/mol. The van der Waals surface area contributed by atoms with Gasteiger partial charge in [0.1, 0.15) is 6.04 Å². The third-order valence-electron chi connectivity index (χ3n) is 12.5. The van der Waals surface area contributed by atoms with Crippen LogP contribution in [0.15, 0.2) is 0 Å². The van der Waals surface area contributed by atoms with Gasteiger partial charge in [-0.15, -0.1) is 0 Å². The highest BCUT2D eigenvalue weighted by atomic mass is 32.2. The van der Waals surface area contributed by atoms with E-state index in [0.717, 1.165) is 45.3 Å². The highest BCUT2D eigenvalue weighted by molar-refractivity contribution is 7.99. The number of carboxylic acids is 1. The van der Waals surface area contributed by atoms with Gasteiger partial charge in [-0.25, -0.2) is 4.79 Å². The molecule has 0 spiro atoms. The van der Waals surface area contributed by atoms with Gasteiger partial charge in [0.2, 0.25) is 5.91 Å². The lowest BCUT2D eigenvalue weighted by Crippen LogP contribution is -2.42. The predicted octanol–water partition coefficient (Wildman–Crippen LogP) is 17.1. The first-order valence-corrected chi connectivity index (χ1v) is 28.5. The summed E-state index contributed by atoms with van der Waals surface area (Å²) >= 11 is 1.56. The van der Waals surface area contributed by atoms with Gasteiger partial charge in [-0.2, -0.15) is 11.8 Å². The minimum atomic E-state index is -0.958. The third-order valence-corrected chi connectivity index (χ3v) is 13.7. The van der Waals surface area contributed by atoms with Crippen LogP contribution in [-0.2, 0) is 19.1 Å². The number of carbonyl (C=O) groups excluding carboxylic acids is 1. The van der Waals surface area contributed by atoms with E-state index in [4.69, 9.17) is 9.47 Å². The molecule has 6 nitrogen and oxygen atoms in total. The fourth-order valence-corrected chi connectivity index (χ4v) is 9.42. The van der Waals surface area contributed by atoms with Gasteiger partial charge in [0.05, 0.1) is 12.7 Å². The number of ether oxygens (including phenoxy) is 2. The van der Waals surface area contributed by atoms with Crippen molar-refractivity contribution >= 4 is 23.6 Å². The molecular weight excluding hydrogens is 775 g/mol. The largest absolute Gasteiger partial charge is 0.480 e. The smallest absolute Gasteiger partial charge is 0.327 e. The lowest BCUT2D eigenvalue weighted by atomic mass is 10.0. The Labute approximate surface area is 385 Å². The van der Waals surface area contributed by atoms with Gasteiger partial charge in [0.25, 0.3) is 0 Å². The zero-order valence-electron chi connectivity index (χ0n) is 41.4. The molecule has 0 aliphatic carbocycles. The van der Waals surface area contributed by atoms with Gasteiger partial charge < -0.3 is 19.9 Å². The Morgan fingerprint density at radius 2 is 0.738 bits per heavy atom. The molecule has 7 heteroatoms. The molecule has 0 heterocycles. The molecule has 0 aromatic carbocycles. The summed E-state index contributed by atoms with van der Waals surface area (Å²) in [4.78, 5) is 24.8. The van der Waals surface area contributed by atoms with E-state index in [1.807, 2.05) is 0 Å². The first-order chi connectivity index (χ1) is 30.0. The zero-order chi connectivity index (χ0) is 44.4. The molecule has 0 aliphatic rings. The normalized spacial score (nSPS) is 12.6. The number of aliphatic carboxylic acids is 1. The number of carboxylic acid groups (broad SMARTS) is 1. The van der Waals surface area contributed by atoms with Crippen molar-refractivity contribution in [2.45, 2.75) is 303 Å². The van der Waals surface area contributed by atoms with E-state index in [2.05, 4.69) is 26.1 Å². The van der Waals surface area contributed by atoms with Crippen molar-refractivity contribution < 1.29 is 24.2 Å². The van der Waals surface area contributed by atoms with E-state index in [9.17, 15) is 14.7 Å². The maximum absolute atomic E-state index is 12.7. The van der Waals surface area contributed by atoms with Crippen LogP contribution >= 0.6 is 11.8 Å². The number of amides is 1. The van der Waals surface area contributed by atoms with Crippen molar-refractivity contribution in [1.29, 1.82) is 0 Å². The molecule has 0 aromatic rings. The van der Waals surface area contributed by atoms with Gasteiger partial charge in [-0.05, 0) is 19.3 Å². The maximum Gasteiger partial charge on any atom is 0.327 e. The lowest BCUT2D eigenvalue weighted by Gasteiger charge is -2.20. The number of thioether (sulfide) groups is 1. The van der Waals surface area contributed by atoms with Gasteiger partial charge in [-0.3, -0.25) is 4.79 Å². The fourth-order valence-electron chi connectivity index (χ4n) is 8.37. The van der Waals surface area contributed by atoms with Gasteiger partial charge in [0.15, 0.2) is 0 Å². The highest BCUT2D eigenvalue weighted by Gasteiger charge is 2.21. The Bertz CT molecular complexity index is 874. The van der Waals surface area contributed by atoms with Crippen molar-refractivity contribution in [2.75, 3.05) is 31.3 Å². The standard InChI is InChI=1S/C54H107NO5S/c1-4-7-10-13-16-19-22-25-28-31-34-37-40-43-46-59-48-51(60-47-44-41-38-35-32-29-26-23-20-17-14-11-8-5-2)49-61-50-52(54(57)58)55-53(56)45-42-39-36-33-30-27-24-21-18-15-12-9-6-3/h51-52H,4-50H2,1-3H3,(H,55,56)(H,57,58)/t51?,52-/m0/s1. The summed E-state index contributed by atoms with van der Waals surface area (Å²) < 4.78 is 12.5. The molecule has 364 valence electrons. The number of unbranched alkanes of at least 4 members (excludes halogenated alkanes) is 38. The van der Waals surface area contributed by atoms with Crippen molar-refractivity contribution in [2.24, 2.45) is 0 Å². The molecule has 0 saturated heterocycles. The molecule has 0 radical (unpaired) electrons. The van der Waals surface area contributed by atoms with Crippen LogP contribution in [0.2, 0.25) is 0 Å². The van der Waals surface area contributed by atoms with Crippen LogP contribution in [-0.4, -0.2) is 60.5 Å². The van der Waals surface area contributed by atoms with Gasteiger partial charge in [0, 0.05) is 31.1 Å². The average Bonchev–Trinajstić information content (AvgIpc) is 3.25. The molecule has 0 fully saturated rings. The van der Waals surface area contributed by atoms with Crippen LogP contribution in [0, 0.1) is 0 Å². The molecule has 2 N–H and O–H groups in total. The lowest BCUT2D eigenvalue weighted by molar-refractivity contribution is -0.141. The second-order valence-electron chi connectivity index (χ2n) is 18.7. The molecule has 0 aliphatic heterocycles. The Hall–Kier alpha value is -0.790. The molecule has 61 heavy (non-hydrogen) atoms. The van der Waals surface area contributed by atoms with Crippen LogP contribution in [0.1, 0.15) is 290 Å². The second-order valence-corrected chi connectivity index (χ2v) is 19.8. The molecule has 2 atom stereocenters. The minimum absolute atomic E-state index is 0.0606. The molecular formula is C54H107NO5S. The van der Waals surface area contributed by atoms with Crippen LogP contribution in [0.25, 0.3) is 0 Å². The number of hydrogen-bond donors (Lipinski definition) is 2. The Balaban J connectivity index is 4.35. The number of hydrogen-bond acceptors (Lipinski definition) is 5. The molecule has 0 bridgehead atoms. The van der Waals surface area contributed by atoms with Crippen LogP contribution in [0.5, 0.6) is 0 Å². The van der Waals surface area contributed by atoms with Crippen molar-refractivity contribution in [1.82, 2.24) is 5.32 Å². The molecule has 1 unspecified atom stereocenters. The Morgan fingerprint density at radius 1 is 0.426 bits per heavy atom. The van der Waals surface area contributed by atoms with E-state index >= 15 is 0 Å². The van der Waals surface area contributed by atoms with E-state index in [-0.39, 0.29) is 12.0 Å². The molecule has 0 saturated carbocycles. The van der Waals surface area contributed by atoms with Crippen LogP contribution in [0.3, 0.4) is 0 Å². The summed E-state index contributed by atoms with van der Waals surface area (Å²) in [6.07, 6.45) is 54.4. The first kappa shape index (κ1) is 60.2. The molecule has 1 amide bonds. The van der Waals surface area contributed by atoms with E-state index in [1.54, 1.807) is 11.8 Å². The monoisotopic (exact) mass is 882 g/mol. The van der Waals surface area contributed by atoms with E-state index in [0.29, 0.717) is 24.5 Å². The highest BCUT2D eigenvalue weighted by Crippen LogP contribution is 2.17. The Kier molecular flexibility index (Phi) is 51.2. The SMILES string of the molecule is CCCCCCCCCCCCCCCCOCC(CSC[C@H](NC(=O)CCCCCCCCCCCCCCC)C(=O)O)OCCCCCCCCCCCCCCCC. The fraction of sp³-hybridized carbons (Fsp3) is 0.963. The summed E-state index contributed by atoms with van der Waals surface area (Å²) in [5.74, 6) is -0.0777. The number of rotatable bonds is 53. The summed E-state index contributed by atoms with van der Waals surface area (Å²) in [6.45, 7) is 8.87. The molecule has 0 aromatic heterocycles. The second kappa shape index (κ2) is 51.8.